The van der Waals surface area contributed by atoms with Crippen LogP contribution in [0.5, 0.6) is 5.75 Å². The predicted molar refractivity (Wildman–Crippen MR) is 182 cm³/mol. The van der Waals surface area contributed by atoms with E-state index in [1.165, 1.54) is 11.5 Å². The molecular formula is C34H35ClF4N8O6. The number of alkyl halides is 4. The molecule has 2 N–H and O–H groups in total. The molecule has 19 heteroatoms. The fourth-order valence-corrected chi connectivity index (χ4v) is 6.96. The zero-order valence-corrected chi connectivity index (χ0v) is 29.8. The Balaban J connectivity index is 0.00000236. The van der Waals surface area contributed by atoms with E-state index < -0.39 is 65.8 Å². The highest BCUT2D eigenvalue weighted by atomic mass is 35.5. The molecule has 14 nitrogen and oxygen atoms in total. The molecule has 3 atom stereocenters. The number of nitrogens with zero attached hydrogens (tertiary/aromatic N) is 7. The maximum Gasteiger partial charge on any atom is 0.416 e. The van der Waals surface area contributed by atoms with Gasteiger partial charge in [0.15, 0.2) is 23.4 Å². The van der Waals surface area contributed by atoms with Crippen LogP contribution in [-0.2, 0) is 32.6 Å². The summed E-state index contributed by atoms with van der Waals surface area (Å²) in [6.07, 6.45) is -4.44. The van der Waals surface area contributed by atoms with Crippen molar-refractivity contribution in [1.82, 2.24) is 34.0 Å². The summed E-state index contributed by atoms with van der Waals surface area (Å²) in [5.74, 6) is -1.78. The van der Waals surface area contributed by atoms with Gasteiger partial charge in [-0.15, -0.1) is 5.10 Å². The Bertz CT molecular complexity index is 2190. The monoisotopic (exact) mass is 762 g/mol. The Hall–Kier alpha value is -4.94. The van der Waals surface area contributed by atoms with Gasteiger partial charge >= 0.3 is 6.18 Å². The molecule has 282 valence electrons. The highest BCUT2D eigenvalue weighted by Crippen LogP contribution is 2.49. The maximum absolute atomic E-state index is 16.6. The number of rotatable bonds is 5. The molecule has 1 aromatic carbocycles. The molecule has 1 fully saturated rings. The third-order valence-corrected chi connectivity index (χ3v) is 9.55. The number of amides is 2. The zero-order valence-electron chi connectivity index (χ0n) is 29.0. The van der Waals surface area contributed by atoms with Crippen molar-refractivity contribution in [3.8, 4) is 5.75 Å². The number of likely N-dealkylation sites (tertiary alicyclic amines) is 1. The second-order valence-electron chi connectivity index (χ2n) is 12.4. The summed E-state index contributed by atoms with van der Waals surface area (Å²) in [7, 11) is 0. The summed E-state index contributed by atoms with van der Waals surface area (Å²) < 4.78 is 70.2. The minimum Gasteiger partial charge on any atom is -0.504 e. The van der Waals surface area contributed by atoms with Crippen LogP contribution in [0.15, 0.2) is 35.4 Å². The van der Waals surface area contributed by atoms with E-state index in [2.05, 4.69) is 25.4 Å². The van der Waals surface area contributed by atoms with Gasteiger partial charge in [-0.25, -0.2) is 14.4 Å². The molecule has 3 aromatic heterocycles. The predicted octanol–water partition coefficient (Wildman–Crippen LogP) is 5.01. The maximum atomic E-state index is 16.6. The first-order chi connectivity index (χ1) is 25.2. The van der Waals surface area contributed by atoms with E-state index in [0.29, 0.717) is 31.3 Å². The number of carbonyl (C=O) groups is 2. The van der Waals surface area contributed by atoms with Crippen LogP contribution < -0.4 is 10.9 Å². The molecule has 3 unspecified atom stereocenters. The van der Waals surface area contributed by atoms with Crippen molar-refractivity contribution in [2.24, 2.45) is 0 Å². The molecule has 0 bridgehead atoms. The number of benzene rings is 1. The number of piperidine rings is 1. The smallest absolute Gasteiger partial charge is 0.416 e. The molecule has 0 saturated carbocycles. The van der Waals surface area contributed by atoms with Gasteiger partial charge < -0.3 is 29.4 Å². The second kappa shape index (κ2) is 14.5. The van der Waals surface area contributed by atoms with Crippen LogP contribution in [0.2, 0.25) is 5.02 Å². The van der Waals surface area contributed by atoms with Crippen LogP contribution in [0.1, 0.15) is 78.5 Å². The summed E-state index contributed by atoms with van der Waals surface area (Å²) in [6, 6.07) is 2.48. The first-order valence-electron chi connectivity index (χ1n) is 16.8. The number of aromatic hydroxyl groups is 1. The summed E-state index contributed by atoms with van der Waals surface area (Å²) in [6.45, 7) is 6.59. The lowest BCUT2D eigenvalue weighted by atomic mass is 9.83. The number of fused-ring (bicyclic) bond motifs is 3. The third-order valence-electron chi connectivity index (χ3n) is 9.24. The van der Waals surface area contributed by atoms with Crippen molar-refractivity contribution in [2.45, 2.75) is 71.1 Å². The van der Waals surface area contributed by atoms with Crippen molar-refractivity contribution < 1.29 is 41.7 Å². The minimum absolute atomic E-state index is 0.0556. The topological polar surface area (TPSA) is 166 Å². The summed E-state index contributed by atoms with van der Waals surface area (Å²) >= 11 is 6.09. The Kier molecular flexibility index (Phi) is 10.3. The van der Waals surface area contributed by atoms with Crippen LogP contribution in [-0.4, -0.2) is 83.4 Å². The first-order valence-corrected chi connectivity index (χ1v) is 17.2. The number of nitrogens with one attached hydrogen (secondary N) is 1. The molecule has 6 heterocycles. The second-order valence-corrected chi connectivity index (χ2v) is 12.8. The zero-order chi connectivity index (χ0) is 38.4. The number of hydrogen-bond donors (Lipinski definition) is 2. The van der Waals surface area contributed by atoms with E-state index >= 15 is 4.39 Å². The van der Waals surface area contributed by atoms with Gasteiger partial charge in [-0.05, 0) is 44.0 Å². The number of aromatic nitrogens is 6. The molecular weight excluding hydrogens is 728 g/mol. The standard InChI is InChI=1S/C32H29ClF4N8O6.C2H6/c1-15-26(47)24(39-14-38-15)29(49)43-8-7-31(21(34)12-43)23-25(16(2)51-31)44(13-22(46)40-20-4-3-18(11-19(20)33)32(35,36)37)30-41-27(42-45(30)28(23)48)17-5-9-50-10-6-17;1-2/h3-5,11,14,16,21,47H,6-10,12-13H2,1-2H3,(H,40,46);1-2H3. The molecule has 1 saturated heterocycles. The molecule has 4 aromatic rings. The number of aryl methyl sites for hydroxylation is 1. The van der Waals surface area contributed by atoms with E-state index in [1.54, 1.807) is 13.0 Å². The summed E-state index contributed by atoms with van der Waals surface area (Å²) in [5, 5.41) is 17.0. The quantitative estimate of drug-likeness (QED) is 0.264. The molecule has 3 aliphatic rings. The van der Waals surface area contributed by atoms with E-state index in [4.69, 9.17) is 21.1 Å². The van der Waals surface area contributed by atoms with Gasteiger partial charge in [0.25, 0.3) is 11.5 Å². The third kappa shape index (κ3) is 6.74. The van der Waals surface area contributed by atoms with Crippen molar-refractivity contribution in [2.75, 3.05) is 31.6 Å². The number of ether oxygens (including phenoxy) is 2. The largest absolute Gasteiger partial charge is 0.504 e. The Morgan fingerprint density at radius 2 is 1.96 bits per heavy atom. The van der Waals surface area contributed by atoms with E-state index in [9.17, 15) is 32.7 Å². The fraction of sp³-hybridized carbons (Fsp3) is 0.441. The lowest BCUT2D eigenvalue weighted by molar-refractivity contribution is -0.143. The molecule has 3 aliphatic heterocycles. The van der Waals surface area contributed by atoms with Gasteiger partial charge in [-0.3, -0.25) is 14.4 Å². The lowest BCUT2D eigenvalue weighted by Gasteiger charge is -2.41. The average molecular weight is 763 g/mol. The van der Waals surface area contributed by atoms with Crippen LogP contribution in [0, 0.1) is 6.92 Å². The first kappa shape index (κ1) is 37.8. The minimum atomic E-state index is -4.65. The van der Waals surface area contributed by atoms with Crippen LogP contribution in [0.25, 0.3) is 11.4 Å². The molecule has 2 amide bonds. The van der Waals surface area contributed by atoms with Gasteiger partial charge in [-0.1, -0.05) is 31.5 Å². The van der Waals surface area contributed by atoms with Crippen molar-refractivity contribution in [3.63, 3.8) is 0 Å². The SMILES string of the molecule is CC.Cc1ncnc(C(=O)N2CCC3(OC(C)c4c3c(=O)n3nc(C5=CCOCC5)nc3n4CC(=O)Nc3ccc(C(F)(F)F)cc3Cl)C(F)C2)c1O. The molecule has 1 spiro atoms. The highest BCUT2D eigenvalue weighted by molar-refractivity contribution is 6.33. The van der Waals surface area contributed by atoms with Crippen LogP contribution in [0.4, 0.5) is 23.2 Å². The van der Waals surface area contributed by atoms with Crippen LogP contribution in [0.3, 0.4) is 0 Å². The average Bonchev–Trinajstić information content (AvgIpc) is 3.71. The van der Waals surface area contributed by atoms with E-state index in [0.717, 1.165) is 27.9 Å². The summed E-state index contributed by atoms with van der Waals surface area (Å²) in [5.41, 5.74) is -3.10. The van der Waals surface area contributed by atoms with E-state index in [1.807, 2.05) is 13.8 Å². The Labute approximate surface area is 304 Å². The van der Waals surface area contributed by atoms with Crippen molar-refractivity contribution in [1.29, 1.82) is 0 Å². The number of hydrogen-bond acceptors (Lipinski definition) is 10. The van der Waals surface area contributed by atoms with Crippen molar-refractivity contribution >= 4 is 40.5 Å². The normalized spacial score (nSPS) is 21.2. The number of anilines is 1. The molecule has 53 heavy (non-hydrogen) atoms. The van der Waals surface area contributed by atoms with E-state index in [-0.39, 0.29) is 57.9 Å². The van der Waals surface area contributed by atoms with Crippen molar-refractivity contribution in [3.05, 3.63) is 80.0 Å². The highest BCUT2D eigenvalue weighted by Gasteiger charge is 2.56. The molecule has 0 aliphatic carbocycles. The van der Waals surface area contributed by atoms with Gasteiger partial charge in [0.05, 0.1) is 59.1 Å². The van der Waals surface area contributed by atoms with Gasteiger partial charge in [-0.2, -0.15) is 22.7 Å². The van der Waals surface area contributed by atoms with Gasteiger partial charge in [0.2, 0.25) is 11.7 Å². The Morgan fingerprint density at radius 3 is 2.62 bits per heavy atom. The molecule has 0 radical (unpaired) electrons. The number of halogens is 5. The summed E-state index contributed by atoms with van der Waals surface area (Å²) in [4.78, 5) is 54.6. The lowest BCUT2D eigenvalue weighted by Crippen LogP contribution is -2.55. The Morgan fingerprint density at radius 1 is 1.21 bits per heavy atom. The van der Waals surface area contributed by atoms with Gasteiger partial charge in [0.1, 0.15) is 18.5 Å². The van der Waals surface area contributed by atoms with Gasteiger partial charge in [0, 0.05) is 13.0 Å². The van der Waals surface area contributed by atoms with Crippen LogP contribution >= 0.6 is 11.6 Å². The fourth-order valence-electron chi connectivity index (χ4n) is 6.73. The molecule has 7 rings (SSSR count). The number of carbonyl (C=O) groups excluding carboxylic acids is 2.